The van der Waals surface area contributed by atoms with E-state index >= 15 is 0 Å². The maximum atomic E-state index is 12.9. The van der Waals surface area contributed by atoms with Crippen LogP contribution < -0.4 is 5.32 Å². The first-order chi connectivity index (χ1) is 14.6. The van der Waals surface area contributed by atoms with Gasteiger partial charge in [-0.2, -0.15) is 0 Å². The lowest BCUT2D eigenvalue weighted by Gasteiger charge is -2.45. The zero-order valence-electron chi connectivity index (χ0n) is 19.6. The highest BCUT2D eigenvalue weighted by molar-refractivity contribution is 6.77. The minimum absolute atomic E-state index is 0.0274. The second-order valence-corrected chi connectivity index (χ2v) is 15.4. The number of nitro benzene ring substituents is 1. The van der Waals surface area contributed by atoms with Gasteiger partial charge in [-0.3, -0.25) is 14.9 Å². The zero-order valence-corrected chi connectivity index (χ0v) is 20.6. The Morgan fingerprint density at radius 2 is 1.68 bits per heavy atom. The molecule has 1 heterocycles. The second-order valence-electron chi connectivity index (χ2n) is 9.98. The van der Waals surface area contributed by atoms with Gasteiger partial charge in [0.15, 0.2) is 0 Å². The van der Waals surface area contributed by atoms with Gasteiger partial charge in [0, 0.05) is 24.1 Å². The number of hydrogen-bond donors (Lipinski definition) is 1. The number of rotatable bonds is 8. The Kier molecular flexibility index (Phi) is 6.94. The Morgan fingerprint density at radius 1 is 1.10 bits per heavy atom. The van der Waals surface area contributed by atoms with Crippen molar-refractivity contribution in [3.63, 3.8) is 0 Å². The summed E-state index contributed by atoms with van der Waals surface area (Å²) in [6.45, 7) is 13.7. The zero-order chi connectivity index (χ0) is 22.9. The molecule has 0 aromatic heterocycles. The van der Waals surface area contributed by atoms with Crippen molar-refractivity contribution < 1.29 is 14.1 Å². The summed E-state index contributed by atoms with van der Waals surface area (Å²) in [6, 6.07) is 6.67. The molecule has 0 bridgehead atoms. The monoisotopic (exact) mass is 444 g/mol. The highest BCUT2D eigenvalue weighted by Gasteiger charge is 2.52. The van der Waals surface area contributed by atoms with Crippen molar-refractivity contribution in [2.24, 2.45) is 11.8 Å². The molecule has 1 saturated heterocycles. The van der Waals surface area contributed by atoms with E-state index in [2.05, 4.69) is 52.9 Å². The van der Waals surface area contributed by atoms with Gasteiger partial charge in [-0.25, -0.2) is 0 Å². The van der Waals surface area contributed by atoms with Gasteiger partial charge >= 0.3 is 0 Å². The fourth-order valence-electron chi connectivity index (χ4n) is 5.91. The number of amides is 1. The van der Waals surface area contributed by atoms with Gasteiger partial charge in [-0.1, -0.05) is 53.7 Å². The quantitative estimate of drug-likeness (QED) is 0.315. The van der Waals surface area contributed by atoms with Gasteiger partial charge in [0.1, 0.15) is 0 Å². The second kappa shape index (κ2) is 9.15. The van der Waals surface area contributed by atoms with Crippen LogP contribution in [-0.4, -0.2) is 25.2 Å². The van der Waals surface area contributed by atoms with Gasteiger partial charge in [0.25, 0.3) is 14.0 Å². The molecule has 1 N–H and O–H groups in total. The van der Waals surface area contributed by atoms with Crippen LogP contribution in [0.2, 0.25) is 16.6 Å². The standard InChI is InChI=1S/C24H36N2O4Si/c1-15(2)31(16(3)4,17(5)6)30-22-9-7-8-21-23(22)20(24(27)25-21)14-18-10-12-19(13-11-18)26(28)29/h9-13,15-17,20-21,23H,7-8,14H2,1-6H3,(H,25,27)/t20-,21+,23+/m0/s1. The number of benzene rings is 1. The van der Waals surface area contributed by atoms with Crippen LogP contribution in [0, 0.1) is 22.0 Å². The first kappa shape index (κ1) is 23.5. The normalized spacial score (nSPS) is 23.7. The average Bonchev–Trinajstić information content (AvgIpc) is 3.01. The van der Waals surface area contributed by atoms with E-state index in [1.54, 1.807) is 12.1 Å². The number of carbonyl (C=O) groups excluding carboxylic acids is 1. The average molecular weight is 445 g/mol. The molecule has 3 rings (SSSR count). The van der Waals surface area contributed by atoms with E-state index in [-0.39, 0.29) is 29.5 Å². The van der Waals surface area contributed by atoms with Crippen LogP contribution >= 0.6 is 0 Å². The number of allylic oxidation sites excluding steroid dienone is 1. The Morgan fingerprint density at radius 3 is 2.19 bits per heavy atom. The molecule has 1 aliphatic heterocycles. The van der Waals surface area contributed by atoms with E-state index in [0.29, 0.717) is 23.0 Å². The highest BCUT2D eigenvalue weighted by atomic mass is 28.4. The summed E-state index contributed by atoms with van der Waals surface area (Å²) in [4.78, 5) is 23.5. The topological polar surface area (TPSA) is 81.5 Å². The summed E-state index contributed by atoms with van der Waals surface area (Å²) in [5.41, 5.74) is 2.41. The molecule has 7 heteroatoms. The molecule has 1 aromatic rings. The third kappa shape index (κ3) is 4.42. The predicted molar refractivity (Wildman–Crippen MR) is 125 cm³/mol. The lowest BCUT2D eigenvalue weighted by molar-refractivity contribution is -0.384. The van der Waals surface area contributed by atoms with E-state index in [1.807, 2.05) is 0 Å². The molecule has 2 aliphatic rings. The van der Waals surface area contributed by atoms with Gasteiger partial charge in [0.05, 0.1) is 16.6 Å². The highest BCUT2D eigenvalue weighted by Crippen LogP contribution is 2.47. The summed E-state index contributed by atoms with van der Waals surface area (Å²) in [7, 11) is -2.12. The van der Waals surface area contributed by atoms with Crippen molar-refractivity contribution in [3.8, 4) is 0 Å². The third-order valence-corrected chi connectivity index (χ3v) is 13.3. The Balaban J connectivity index is 1.90. The van der Waals surface area contributed by atoms with Gasteiger partial charge in [0.2, 0.25) is 5.91 Å². The summed E-state index contributed by atoms with van der Waals surface area (Å²) in [6.07, 6.45) is 4.63. The van der Waals surface area contributed by atoms with Crippen LogP contribution in [0.1, 0.15) is 59.9 Å². The van der Waals surface area contributed by atoms with Crippen LogP contribution in [0.3, 0.4) is 0 Å². The third-order valence-electron chi connectivity index (χ3n) is 7.29. The minimum Gasteiger partial charge on any atom is -0.546 e. The fourth-order valence-corrected chi connectivity index (χ4v) is 11.2. The van der Waals surface area contributed by atoms with Gasteiger partial charge < -0.3 is 9.74 Å². The van der Waals surface area contributed by atoms with E-state index < -0.39 is 13.2 Å². The Hall–Kier alpha value is -2.15. The number of carbonyl (C=O) groups is 1. The molecule has 1 aromatic carbocycles. The van der Waals surface area contributed by atoms with Crippen molar-refractivity contribution in [2.45, 2.75) is 83.5 Å². The molecule has 170 valence electrons. The lowest BCUT2D eigenvalue weighted by Crippen LogP contribution is -2.49. The summed E-state index contributed by atoms with van der Waals surface area (Å²) in [5, 5.41) is 14.2. The molecule has 31 heavy (non-hydrogen) atoms. The smallest absolute Gasteiger partial charge is 0.269 e. The number of nitrogens with zero attached hydrogens (tertiary/aromatic N) is 1. The van der Waals surface area contributed by atoms with Crippen LogP contribution in [0.25, 0.3) is 0 Å². The fraction of sp³-hybridized carbons (Fsp3) is 0.625. The molecule has 1 aliphatic carbocycles. The molecule has 0 unspecified atom stereocenters. The maximum absolute atomic E-state index is 12.9. The van der Waals surface area contributed by atoms with Crippen LogP contribution in [0.4, 0.5) is 5.69 Å². The van der Waals surface area contributed by atoms with Crippen LogP contribution in [0.15, 0.2) is 36.1 Å². The number of nitrogens with one attached hydrogen (secondary N) is 1. The Bertz CT molecular complexity index is 826. The van der Waals surface area contributed by atoms with E-state index in [0.717, 1.165) is 24.2 Å². The summed E-state index contributed by atoms with van der Waals surface area (Å²) < 4.78 is 7.06. The van der Waals surface area contributed by atoms with Crippen molar-refractivity contribution in [1.82, 2.24) is 5.32 Å². The molecule has 0 radical (unpaired) electrons. The van der Waals surface area contributed by atoms with Crippen molar-refractivity contribution in [3.05, 3.63) is 51.8 Å². The summed E-state index contributed by atoms with van der Waals surface area (Å²) in [5.74, 6) is 0.885. The first-order valence-corrected chi connectivity index (χ1v) is 13.6. The molecule has 3 atom stereocenters. The SMILES string of the molecule is CC(C)[Si](OC1=CCC[C@H]2NC(=O)[C@@H](Cc3ccc([N+](=O)[O-])cc3)[C@@H]12)(C(C)C)C(C)C. The minimum atomic E-state index is -2.12. The van der Waals surface area contributed by atoms with Crippen LogP contribution in [0.5, 0.6) is 0 Å². The van der Waals surface area contributed by atoms with Crippen LogP contribution in [-0.2, 0) is 15.6 Å². The van der Waals surface area contributed by atoms with Crippen molar-refractivity contribution >= 4 is 19.9 Å². The number of fused-ring (bicyclic) bond motifs is 1. The molecule has 0 spiro atoms. The van der Waals surface area contributed by atoms with E-state index in [1.165, 1.54) is 12.1 Å². The van der Waals surface area contributed by atoms with E-state index in [9.17, 15) is 14.9 Å². The first-order valence-electron chi connectivity index (χ1n) is 11.5. The molecular weight excluding hydrogens is 408 g/mol. The molecule has 0 saturated carbocycles. The van der Waals surface area contributed by atoms with Gasteiger partial charge in [-0.05, 0) is 47.5 Å². The largest absolute Gasteiger partial charge is 0.546 e. The van der Waals surface area contributed by atoms with Crippen molar-refractivity contribution in [1.29, 1.82) is 0 Å². The van der Waals surface area contributed by atoms with Crippen molar-refractivity contribution in [2.75, 3.05) is 0 Å². The maximum Gasteiger partial charge on any atom is 0.269 e. The molecule has 6 nitrogen and oxygen atoms in total. The lowest BCUT2D eigenvalue weighted by atomic mass is 9.80. The number of nitro groups is 1. The van der Waals surface area contributed by atoms with E-state index in [4.69, 9.17) is 4.43 Å². The van der Waals surface area contributed by atoms with Gasteiger partial charge in [-0.15, -0.1) is 0 Å². The molecular formula is C24H36N2O4Si. The molecule has 1 fully saturated rings. The summed E-state index contributed by atoms with van der Waals surface area (Å²) >= 11 is 0. The Labute approximate surface area is 186 Å². The number of hydrogen-bond acceptors (Lipinski definition) is 4. The predicted octanol–water partition coefficient (Wildman–Crippen LogP) is 5.74. The number of non-ortho nitro benzene ring substituents is 1. The molecule has 1 amide bonds.